The largest absolute Gasteiger partial charge is 0.350 e. The van der Waals surface area contributed by atoms with Crippen molar-refractivity contribution in [2.45, 2.75) is 70.4 Å². The lowest BCUT2D eigenvalue weighted by atomic mass is 10.0. The zero-order chi connectivity index (χ0) is 21.9. The van der Waals surface area contributed by atoms with E-state index in [0.29, 0.717) is 19.4 Å². The van der Waals surface area contributed by atoms with Crippen LogP contribution in [0.15, 0.2) is 42.5 Å². The van der Waals surface area contributed by atoms with E-state index >= 15 is 0 Å². The molecule has 0 spiro atoms. The van der Waals surface area contributed by atoms with Gasteiger partial charge >= 0.3 is 0 Å². The first-order chi connectivity index (χ1) is 15.1. The Morgan fingerprint density at radius 3 is 2.42 bits per heavy atom. The van der Waals surface area contributed by atoms with Crippen LogP contribution in [0.25, 0.3) is 10.8 Å². The number of hydrogen-bond acceptors (Lipinski definition) is 3. The predicted octanol–water partition coefficient (Wildman–Crippen LogP) is 3.58. The van der Waals surface area contributed by atoms with Crippen LogP contribution < -0.4 is 16.0 Å². The van der Waals surface area contributed by atoms with E-state index in [0.717, 1.165) is 61.3 Å². The van der Waals surface area contributed by atoms with Crippen LogP contribution in [0.5, 0.6) is 0 Å². The Hall–Kier alpha value is -2.89. The average molecular weight is 424 g/mol. The summed E-state index contributed by atoms with van der Waals surface area (Å²) in [5.41, 5.74) is 1.04. The van der Waals surface area contributed by atoms with Crippen LogP contribution in [0.4, 0.5) is 0 Å². The lowest BCUT2D eigenvalue weighted by Crippen LogP contribution is -2.49. The molecule has 2 aromatic carbocycles. The molecule has 0 bridgehead atoms. The zero-order valence-corrected chi connectivity index (χ0v) is 18.1. The Morgan fingerprint density at radius 1 is 0.871 bits per heavy atom. The fraction of sp³-hybridized carbons (Fsp3) is 0.480. The molecule has 3 rings (SSSR count). The van der Waals surface area contributed by atoms with Gasteiger partial charge in [-0.2, -0.15) is 0 Å². The molecule has 0 saturated carbocycles. The highest BCUT2D eigenvalue weighted by Crippen LogP contribution is 2.18. The summed E-state index contributed by atoms with van der Waals surface area (Å²) in [6.07, 6.45) is 8.25. The minimum atomic E-state index is -0.593. The number of nitrogens with one attached hydrogen (secondary N) is 3. The zero-order valence-electron chi connectivity index (χ0n) is 18.1. The molecule has 3 amide bonds. The standard InChI is InChI=1S/C25H33N3O3/c29-23-16-7-5-3-1-2-4-6-15-22(28-24(30)18-26-23)25(31)27-17-20-13-10-12-19-11-8-9-14-21(19)20/h8-14,22H,1-7,15-18H2,(H,26,29)(H,27,31)(H,28,30). The molecule has 1 atom stereocenters. The van der Waals surface area contributed by atoms with Crippen LogP contribution in [0.3, 0.4) is 0 Å². The summed E-state index contributed by atoms with van der Waals surface area (Å²) in [6.45, 7) is 0.315. The quantitative estimate of drug-likeness (QED) is 0.705. The molecule has 0 radical (unpaired) electrons. The summed E-state index contributed by atoms with van der Waals surface area (Å²) in [7, 11) is 0. The molecule has 31 heavy (non-hydrogen) atoms. The van der Waals surface area contributed by atoms with Crippen LogP contribution in [-0.2, 0) is 20.9 Å². The summed E-state index contributed by atoms with van der Waals surface area (Å²) >= 11 is 0. The van der Waals surface area contributed by atoms with Crippen molar-refractivity contribution < 1.29 is 14.4 Å². The number of fused-ring (bicyclic) bond motifs is 1. The van der Waals surface area contributed by atoms with E-state index in [1.54, 1.807) is 0 Å². The highest BCUT2D eigenvalue weighted by molar-refractivity contribution is 5.90. The number of rotatable bonds is 3. The van der Waals surface area contributed by atoms with Gasteiger partial charge in [0.25, 0.3) is 0 Å². The fourth-order valence-corrected chi connectivity index (χ4v) is 4.05. The van der Waals surface area contributed by atoms with E-state index in [9.17, 15) is 14.4 Å². The van der Waals surface area contributed by atoms with Crippen molar-refractivity contribution in [3.05, 3.63) is 48.0 Å². The summed E-state index contributed by atoms with van der Waals surface area (Å²) in [6, 6.07) is 13.5. The van der Waals surface area contributed by atoms with E-state index in [1.807, 2.05) is 30.3 Å². The van der Waals surface area contributed by atoms with Crippen molar-refractivity contribution in [1.29, 1.82) is 0 Å². The highest BCUT2D eigenvalue weighted by atomic mass is 16.2. The normalized spacial score (nSPS) is 19.5. The van der Waals surface area contributed by atoms with Gasteiger partial charge in [0, 0.05) is 13.0 Å². The van der Waals surface area contributed by atoms with Gasteiger partial charge in [-0.05, 0) is 29.2 Å². The minimum absolute atomic E-state index is 0.0913. The predicted molar refractivity (Wildman–Crippen MR) is 122 cm³/mol. The van der Waals surface area contributed by atoms with Crippen molar-refractivity contribution in [1.82, 2.24) is 16.0 Å². The molecule has 1 unspecified atom stereocenters. The molecule has 0 aliphatic carbocycles. The molecule has 6 nitrogen and oxygen atoms in total. The maximum Gasteiger partial charge on any atom is 0.242 e. The van der Waals surface area contributed by atoms with Gasteiger partial charge in [0.2, 0.25) is 17.7 Å². The van der Waals surface area contributed by atoms with Crippen LogP contribution in [0, 0.1) is 0 Å². The van der Waals surface area contributed by atoms with Gasteiger partial charge in [0.15, 0.2) is 0 Å². The molecule has 0 aromatic heterocycles. The van der Waals surface area contributed by atoms with E-state index in [2.05, 4.69) is 28.1 Å². The van der Waals surface area contributed by atoms with Gasteiger partial charge in [-0.25, -0.2) is 0 Å². The third-order valence-corrected chi connectivity index (χ3v) is 5.83. The first-order valence-corrected chi connectivity index (χ1v) is 11.4. The van der Waals surface area contributed by atoms with E-state index in [4.69, 9.17) is 0 Å². The van der Waals surface area contributed by atoms with Crippen molar-refractivity contribution in [3.8, 4) is 0 Å². The average Bonchev–Trinajstić information content (AvgIpc) is 2.79. The molecule has 3 N–H and O–H groups in total. The van der Waals surface area contributed by atoms with Gasteiger partial charge in [0.1, 0.15) is 6.04 Å². The van der Waals surface area contributed by atoms with E-state index in [1.165, 1.54) is 0 Å². The van der Waals surface area contributed by atoms with Crippen molar-refractivity contribution in [2.24, 2.45) is 0 Å². The second kappa shape index (κ2) is 12.1. The molecule has 1 heterocycles. The molecular formula is C25H33N3O3. The van der Waals surface area contributed by atoms with Gasteiger partial charge in [-0.3, -0.25) is 14.4 Å². The van der Waals surface area contributed by atoms with Crippen LogP contribution in [0.2, 0.25) is 0 Å². The molecule has 1 aliphatic rings. The Labute approximate surface area is 184 Å². The second-order valence-electron chi connectivity index (χ2n) is 8.27. The highest BCUT2D eigenvalue weighted by Gasteiger charge is 2.21. The van der Waals surface area contributed by atoms with Crippen LogP contribution >= 0.6 is 0 Å². The van der Waals surface area contributed by atoms with E-state index in [-0.39, 0.29) is 24.3 Å². The fourth-order valence-electron chi connectivity index (χ4n) is 4.05. The number of carbonyl (C=O) groups excluding carboxylic acids is 3. The molecule has 1 saturated heterocycles. The maximum atomic E-state index is 12.9. The van der Waals surface area contributed by atoms with Gasteiger partial charge in [-0.15, -0.1) is 0 Å². The van der Waals surface area contributed by atoms with Crippen LogP contribution in [0.1, 0.15) is 63.4 Å². The Balaban J connectivity index is 1.61. The summed E-state index contributed by atoms with van der Waals surface area (Å²) in [5.74, 6) is -0.618. The number of carbonyl (C=O) groups is 3. The van der Waals surface area contributed by atoms with Gasteiger partial charge in [-0.1, -0.05) is 81.0 Å². The maximum absolute atomic E-state index is 12.9. The number of hydrogen-bond donors (Lipinski definition) is 3. The van der Waals surface area contributed by atoms with Crippen molar-refractivity contribution in [3.63, 3.8) is 0 Å². The lowest BCUT2D eigenvalue weighted by Gasteiger charge is -2.19. The Bertz CT molecular complexity index is 891. The summed E-state index contributed by atoms with van der Waals surface area (Å²) in [5, 5.41) is 10.7. The topological polar surface area (TPSA) is 87.3 Å². The number of amides is 3. The van der Waals surface area contributed by atoms with Gasteiger partial charge in [0.05, 0.1) is 6.54 Å². The molecule has 166 valence electrons. The SMILES string of the molecule is O=C1CCCCCCCCCC(C(=O)NCc2cccc3ccccc23)NC(=O)CN1. The number of benzene rings is 2. The Morgan fingerprint density at radius 2 is 1.58 bits per heavy atom. The molecule has 1 aliphatic heterocycles. The first-order valence-electron chi connectivity index (χ1n) is 11.4. The van der Waals surface area contributed by atoms with Crippen molar-refractivity contribution >= 4 is 28.5 Å². The Kier molecular flexibility index (Phi) is 8.88. The van der Waals surface area contributed by atoms with E-state index < -0.39 is 6.04 Å². The molecule has 1 fully saturated rings. The smallest absolute Gasteiger partial charge is 0.242 e. The minimum Gasteiger partial charge on any atom is -0.350 e. The third-order valence-electron chi connectivity index (χ3n) is 5.83. The molecule has 2 aromatic rings. The lowest BCUT2D eigenvalue weighted by molar-refractivity contribution is -0.130. The van der Waals surface area contributed by atoms with Crippen molar-refractivity contribution in [2.75, 3.05) is 6.54 Å². The summed E-state index contributed by atoms with van der Waals surface area (Å²) in [4.78, 5) is 37.1. The van der Waals surface area contributed by atoms with Crippen LogP contribution in [-0.4, -0.2) is 30.3 Å². The first kappa shape index (κ1) is 22.8. The second-order valence-corrected chi connectivity index (χ2v) is 8.27. The molecule has 6 heteroatoms. The third kappa shape index (κ3) is 7.39. The van der Waals surface area contributed by atoms with Gasteiger partial charge < -0.3 is 16.0 Å². The molecular weight excluding hydrogens is 390 g/mol. The monoisotopic (exact) mass is 423 g/mol. The summed E-state index contributed by atoms with van der Waals surface area (Å²) < 4.78 is 0.